The summed E-state index contributed by atoms with van der Waals surface area (Å²) >= 11 is 0. The number of methoxy groups -OCH3 is 1. The molecule has 0 N–H and O–H groups in total. The Kier molecular flexibility index (Phi) is 2.65. The van der Waals surface area contributed by atoms with Gasteiger partial charge in [-0.3, -0.25) is 0 Å². The van der Waals surface area contributed by atoms with Crippen LogP contribution in [0.15, 0.2) is 18.7 Å². The lowest BCUT2D eigenvalue weighted by Gasteiger charge is -2.04. The van der Waals surface area contributed by atoms with Crippen LogP contribution in [-0.2, 0) is 18.3 Å². The summed E-state index contributed by atoms with van der Waals surface area (Å²) in [5, 5.41) is 0. The quantitative estimate of drug-likeness (QED) is 0.576. The summed E-state index contributed by atoms with van der Waals surface area (Å²) in [6.45, 7) is 2.97. The van der Waals surface area contributed by atoms with E-state index in [0.29, 0.717) is 0 Å². The number of aromatic nitrogens is 2. The summed E-state index contributed by atoms with van der Waals surface area (Å²) in [6.07, 6.45) is 6.37. The van der Waals surface area contributed by atoms with Crippen LogP contribution in [-0.4, -0.2) is 17.8 Å². The molecule has 3 heteroatoms. The van der Waals surface area contributed by atoms with Crippen LogP contribution in [0.5, 0.6) is 0 Å². The molecule has 0 amide bonds. The molecule has 0 aromatic carbocycles. The van der Waals surface area contributed by atoms with Crippen molar-refractivity contribution >= 4 is 0 Å². The molecule has 1 aromatic heterocycles. The standard InChI is InChI=1S/C8H15N2O/c1-8(11-3)6-10-5-4-9(2)7-10/h4-5,7-8H,6H2,1-3H3/q+1. The largest absolute Gasteiger partial charge is 0.378 e. The topological polar surface area (TPSA) is 18.0 Å². The predicted molar refractivity (Wildman–Crippen MR) is 42.1 cm³/mol. The van der Waals surface area contributed by atoms with Crippen LogP contribution in [0.2, 0.25) is 0 Å². The monoisotopic (exact) mass is 155 g/mol. The van der Waals surface area contributed by atoms with E-state index in [-0.39, 0.29) is 6.10 Å². The molecule has 1 unspecified atom stereocenters. The van der Waals surface area contributed by atoms with E-state index in [2.05, 4.69) is 11.5 Å². The van der Waals surface area contributed by atoms with Crippen molar-refractivity contribution in [2.75, 3.05) is 7.11 Å². The van der Waals surface area contributed by atoms with Gasteiger partial charge in [0.25, 0.3) is 0 Å². The first-order valence-corrected chi connectivity index (χ1v) is 3.76. The van der Waals surface area contributed by atoms with E-state index >= 15 is 0 Å². The van der Waals surface area contributed by atoms with Gasteiger partial charge in [-0.05, 0) is 6.92 Å². The van der Waals surface area contributed by atoms with Crippen LogP contribution in [0.4, 0.5) is 0 Å². The maximum atomic E-state index is 5.13. The number of imidazole rings is 1. The average molecular weight is 155 g/mol. The Morgan fingerprint density at radius 3 is 2.82 bits per heavy atom. The number of aryl methyl sites for hydroxylation is 1. The van der Waals surface area contributed by atoms with Crippen LogP contribution in [0.25, 0.3) is 0 Å². The van der Waals surface area contributed by atoms with Gasteiger partial charge >= 0.3 is 0 Å². The van der Waals surface area contributed by atoms with Crippen molar-refractivity contribution in [1.82, 2.24) is 4.57 Å². The van der Waals surface area contributed by atoms with Crippen molar-refractivity contribution in [1.29, 1.82) is 0 Å². The Morgan fingerprint density at radius 1 is 1.64 bits per heavy atom. The van der Waals surface area contributed by atoms with E-state index in [1.54, 1.807) is 7.11 Å². The fourth-order valence-corrected chi connectivity index (χ4v) is 0.981. The number of hydrogen-bond donors (Lipinski definition) is 0. The van der Waals surface area contributed by atoms with Gasteiger partial charge in [-0.2, -0.15) is 0 Å². The SMILES string of the molecule is COC(C)Cn1cc[n+](C)c1. The Balaban J connectivity index is 2.50. The average Bonchev–Trinajstić information content (AvgIpc) is 2.35. The second kappa shape index (κ2) is 3.53. The lowest BCUT2D eigenvalue weighted by Crippen LogP contribution is -2.24. The minimum atomic E-state index is 0.280. The van der Waals surface area contributed by atoms with Crippen LogP contribution in [0, 0.1) is 0 Å². The highest BCUT2D eigenvalue weighted by Gasteiger charge is 2.05. The molecule has 0 aliphatic rings. The maximum absolute atomic E-state index is 5.13. The van der Waals surface area contributed by atoms with E-state index in [9.17, 15) is 0 Å². The van der Waals surface area contributed by atoms with Crippen LogP contribution < -0.4 is 4.57 Å². The van der Waals surface area contributed by atoms with Crippen molar-refractivity contribution in [3.8, 4) is 0 Å². The van der Waals surface area contributed by atoms with Gasteiger partial charge in [0, 0.05) is 7.11 Å². The molecule has 0 saturated carbocycles. The van der Waals surface area contributed by atoms with Gasteiger partial charge in [-0.1, -0.05) is 0 Å². The maximum Gasteiger partial charge on any atom is 0.243 e. The van der Waals surface area contributed by atoms with Crippen LogP contribution in [0.1, 0.15) is 6.92 Å². The highest BCUT2D eigenvalue weighted by molar-refractivity contribution is 4.67. The Hall–Kier alpha value is -0.830. The third kappa shape index (κ3) is 2.35. The highest BCUT2D eigenvalue weighted by atomic mass is 16.5. The zero-order valence-electron chi connectivity index (χ0n) is 7.32. The lowest BCUT2D eigenvalue weighted by molar-refractivity contribution is -0.671. The van der Waals surface area contributed by atoms with E-state index < -0.39 is 0 Å². The molecule has 0 radical (unpaired) electrons. The molecule has 1 atom stereocenters. The molecule has 62 valence electrons. The third-order valence-corrected chi connectivity index (χ3v) is 1.69. The molecule has 11 heavy (non-hydrogen) atoms. The molecular formula is C8H15N2O+. The predicted octanol–water partition coefficient (Wildman–Crippen LogP) is 0.347. The summed E-state index contributed by atoms with van der Waals surface area (Å²) in [6, 6.07) is 0. The summed E-state index contributed by atoms with van der Waals surface area (Å²) in [5.74, 6) is 0. The molecule has 3 nitrogen and oxygen atoms in total. The molecule has 1 aromatic rings. The second-order valence-corrected chi connectivity index (χ2v) is 2.82. The minimum Gasteiger partial charge on any atom is -0.378 e. The molecule has 0 fully saturated rings. The lowest BCUT2D eigenvalue weighted by atomic mass is 10.4. The molecule has 0 spiro atoms. The number of rotatable bonds is 3. The molecule has 1 heterocycles. The van der Waals surface area contributed by atoms with Gasteiger partial charge < -0.3 is 4.74 Å². The Bertz CT molecular complexity index is 220. The normalized spacial score (nSPS) is 13.4. The number of nitrogens with zero attached hydrogens (tertiary/aromatic N) is 2. The fraction of sp³-hybridized carbons (Fsp3) is 0.625. The van der Waals surface area contributed by atoms with Crippen LogP contribution in [0.3, 0.4) is 0 Å². The first kappa shape index (κ1) is 8.27. The van der Waals surface area contributed by atoms with Crippen molar-refractivity contribution in [3.63, 3.8) is 0 Å². The first-order valence-electron chi connectivity index (χ1n) is 3.76. The van der Waals surface area contributed by atoms with Crippen molar-refractivity contribution in [2.24, 2.45) is 7.05 Å². The van der Waals surface area contributed by atoms with Gasteiger partial charge in [0.2, 0.25) is 6.33 Å². The van der Waals surface area contributed by atoms with Crippen molar-refractivity contribution in [3.05, 3.63) is 18.7 Å². The number of hydrogen-bond acceptors (Lipinski definition) is 1. The smallest absolute Gasteiger partial charge is 0.243 e. The third-order valence-electron chi connectivity index (χ3n) is 1.69. The number of ether oxygens (including phenoxy) is 1. The molecular weight excluding hydrogens is 140 g/mol. The van der Waals surface area contributed by atoms with E-state index in [1.807, 2.05) is 30.3 Å². The fourth-order valence-electron chi connectivity index (χ4n) is 0.981. The zero-order chi connectivity index (χ0) is 8.27. The summed E-state index contributed by atoms with van der Waals surface area (Å²) in [4.78, 5) is 0. The molecule has 0 saturated heterocycles. The van der Waals surface area contributed by atoms with E-state index in [4.69, 9.17) is 4.74 Å². The van der Waals surface area contributed by atoms with Gasteiger partial charge in [0.05, 0.1) is 13.2 Å². The molecule has 1 rings (SSSR count). The molecule has 0 aliphatic carbocycles. The summed E-state index contributed by atoms with van der Waals surface area (Å²) in [5.41, 5.74) is 0. The molecule has 0 bridgehead atoms. The van der Waals surface area contributed by atoms with Gasteiger partial charge in [0.15, 0.2) is 0 Å². The van der Waals surface area contributed by atoms with Crippen molar-refractivity contribution in [2.45, 2.75) is 19.6 Å². The van der Waals surface area contributed by atoms with Crippen molar-refractivity contribution < 1.29 is 9.30 Å². The van der Waals surface area contributed by atoms with E-state index in [0.717, 1.165) is 6.54 Å². The Morgan fingerprint density at radius 2 is 2.36 bits per heavy atom. The molecule has 0 aliphatic heterocycles. The van der Waals surface area contributed by atoms with Gasteiger partial charge in [-0.25, -0.2) is 9.13 Å². The van der Waals surface area contributed by atoms with Gasteiger partial charge in [0.1, 0.15) is 18.9 Å². The van der Waals surface area contributed by atoms with Gasteiger partial charge in [-0.15, -0.1) is 0 Å². The first-order chi connectivity index (χ1) is 5.22. The minimum absolute atomic E-state index is 0.280. The summed E-state index contributed by atoms with van der Waals surface area (Å²) < 4.78 is 9.25. The van der Waals surface area contributed by atoms with Crippen LogP contribution >= 0.6 is 0 Å². The summed E-state index contributed by atoms with van der Waals surface area (Å²) in [7, 11) is 3.74. The highest BCUT2D eigenvalue weighted by Crippen LogP contribution is 1.92. The zero-order valence-corrected chi connectivity index (χ0v) is 7.32. The Labute approximate surface area is 67.2 Å². The second-order valence-electron chi connectivity index (χ2n) is 2.82. The van der Waals surface area contributed by atoms with E-state index in [1.165, 1.54) is 0 Å².